The fraction of sp³-hybridized carbons (Fsp3) is 0.211. The number of amides is 1. The molecule has 0 aliphatic heterocycles. The number of anilines is 1. The summed E-state index contributed by atoms with van der Waals surface area (Å²) in [6, 6.07) is 9.55. The van der Waals surface area contributed by atoms with Gasteiger partial charge in [0.25, 0.3) is 0 Å². The molecule has 0 fully saturated rings. The Kier molecular flexibility index (Phi) is 4.57. The average molecular weight is 384 g/mol. The van der Waals surface area contributed by atoms with Gasteiger partial charge in [-0.25, -0.2) is 4.39 Å². The number of hydrogen-bond donors (Lipinski definition) is 1. The molecule has 1 N–H and O–H groups in total. The minimum atomic E-state index is -0.363. The molecule has 27 heavy (non-hydrogen) atoms. The van der Waals surface area contributed by atoms with Crippen LogP contribution in [0.25, 0.3) is 16.6 Å². The van der Waals surface area contributed by atoms with Gasteiger partial charge in [-0.2, -0.15) is 0 Å². The van der Waals surface area contributed by atoms with Crippen molar-refractivity contribution in [3.05, 3.63) is 54.3 Å². The molecule has 0 saturated heterocycles. The first-order valence-electron chi connectivity index (χ1n) is 8.51. The van der Waals surface area contributed by atoms with Crippen molar-refractivity contribution in [2.24, 2.45) is 0 Å². The molecule has 1 amide bonds. The Balaban J connectivity index is 1.60. The molecule has 6 nitrogen and oxygen atoms in total. The number of rotatable bonds is 5. The second kappa shape index (κ2) is 7.03. The van der Waals surface area contributed by atoms with E-state index in [2.05, 4.69) is 15.5 Å². The van der Waals surface area contributed by atoms with Crippen molar-refractivity contribution >= 4 is 40.0 Å². The van der Waals surface area contributed by atoms with E-state index in [0.717, 1.165) is 22.4 Å². The highest BCUT2D eigenvalue weighted by Gasteiger charge is 2.22. The van der Waals surface area contributed by atoms with Gasteiger partial charge in [0.15, 0.2) is 5.58 Å². The Morgan fingerprint density at radius 2 is 2.07 bits per heavy atom. The molecule has 0 unspecified atom stereocenters. The van der Waals surface area contributed by atoms with Gasteiger partial charge in [-0.1, -0.05) is 18.7 Å². The van der Waals surface area contributed by atoms with E-state index in [9.17, 15) is 9.18 Å². The molecule has 1 atom stereocenters. The fourth-order valence-corrected chi connectivity index (χ4v) is 3.88. The number of nitrogens with zero attached hydrogens (tertiary/aromatic N) is 3. The number of carbonyl (C=O) groups is 1. The first-order valence-corrected chi connectivity index (χ1v) is 9.39. The van der Waals surface area contributed by atoms with Crippen molar-refractivity contribution in [2.45, 2.75) is 30.5 Å². The number of halogens is 1. The summed E-state index contributed by atoms with van der Waals surface area (Å²) in [5, 5.41) is 11.4. The quantitative estimate of drug-likeness (QED) is 0.515. The van der Waals surface area contributed by atoms with E-state index in [-0.39, 0.29) is 17.0 Å². The summed E-state index contributed by atoms with van der Waals surface area (Å²) in [6.45, 7) is 3.83. The highest BCUT2D eigenvalue weighted by atomic mass is 32.2. The van der Waals surface area contributed by atoms with Gasteiger partial charge in [0.1, 0.15) is 22.9 Å². The van der Waals surface area contributed by atoms with Crippen molar-refractivity contribution in [2.75, 3.05) is 5.32 Å². The maximum Gasteiger partial charge on any atom is 0.237 e. The second-order valence-corrected chi connectivity index (χ2v) is 7.34. The third-order valence-electron chi connectivity index (χ3n) is 4.21. The van der Waals surface area contributed by atoms with Crippen molar-refractivity contribution < 1.29 is 13.6 Å². The van der Waals surface area contributed by atoms with E-state index in [0.29, 0.717) is 17.1 Å². The standard InChI is InChI=1S/C19H17FN4O2S/c1-3-17(18(25)22-13-6-4-12(20)5-7-13)27-19-15-9-16-14(8-11(2)26-16)24(15)10-21-23-19/h4-10,17H,3H2,1-2H3,(H,22,25)/t17-/m1/s1. The predicted octanol–water partition coefficient (Wildman–Crippen LogP) is 4.43. The molecule has 4 aromatic rings. The summed E-state index contributed by atoms with van der Waals surface area (Å²) in [5.41, 5.74) is 3.08. The largest absolute Gasteiger partial charge is 0.460 e. The molecule has 0 radical (unpaired) electrons. The Bertz CT molecular complexity index is 1120. The Morgan fingerprint density at radius 3 is 2.81 bits per heavy atom. The Morgan fingerprint density at radius 1 is 1.30 bits per heavy atom. The number of hydrogen-bond acceptors (Lipinski definition) is 5. The lowest BCUT2D eigenvalue weighted by Crippen LogP contribution is -2.24. The van der Waals surface area contributed by atoms with E-state index in [4.69, 9.17) is 4.42 Å². The van der Waals surface area contributed by atoms with Crippen LogP contribution in [-0.4, -0.2) is 25.8 Å². The van der Waals surface area contributed by atoms with Gasteiger partial charge in [0.2, 0.25) is 5.91 Å². The molecule has 1 aromatic carbocycles. The van der Waals surface area contributed by atoms with E-state index in [1.54, 1.807) is 6.33 Å². The molecule has 4 rings (SSSR count). The predicted molar refractivity (Wildman–Crippen MR) is 102 cm³/mol. The number of carbonyl (C=O) groups excluding carboxylic acids is 1. The van der Waals surface area contributed by atoms with E-state index >= 15 is 0 Å². The third kappa shape index (κ3) is 3.40. The van der Waals surface area contributed by atoms with Crippen LogP contribution < -0.4 is 5.32 Å². The number of aryl methyl sites for hydroxylation is 1. The lowest BCUT2D eigenvalue weighted by atomic mass is 10.2. The first-order chi connectivity index (χ1) is 13.0. The minimum Gasteiger partial charge on any atom is -0.460 e. The number of aromatic nitrogens is 3. The van der Waals surface area contributed by atoms with Gasteiger partial charge < -0.3 is 9.73 Å². The fourth-order valence-electron chi connectivity index (χ4n) is 2.90. The molecule has 138 valence electrons. The van der Waals surface area contributed by atoms with Crippen LogP contribution in [-0.2, 0) is 4.79 Å². The number of furan rings is 1. The summed E-state index contributed by atoms with van der Waals surface area (Å²) in [7, 11) is 0. The van der Waals surface area contributed by atoms with Gasteiger partial charge in [0, 0.05) is 17.8 Å². The minimum absolute atomic E-state index is 0.163. The number of nitrogens with one attached hydrogen (secondary N) is 1. The van der Waals surface area contributed by atoms with E-state index in [1.165, 1.54) is 36.0 Å². The number of benzene rings is 1. The van der Waals surface area contributed by atoms with Crippen LogP contribution >= 0.6 is 11.8 Å². The molecule has 0 bridgehead atoms. The molecule has 0 spiro atoms. The molecule has 3 aromatic heterocycles. The SMILES string of the molecule is CC[C@@H](Sc1nncn2c1cc1oc(C)cc12)C(=O)Nc1ccc(F)cc1. The van der Waals surface area contributed by atoms with Crippen molar-refractivity contribution in [3.8, 4) is 0 Å². The normalized spacial score (nSPS) is 12.6. The van der Waals surface area contributed by atoms with Crippen LogP contribution in [0, 0.1) is 12.7 Å². The van der Waals surface area contributed by atoms with E-state index in [1.807, 2.05) is 30.4 Å². The van der Waals surface area contributed by atoms with Crippen LogP contribution in [0.5, 0.6) is 0 Å². The Labute approximate surface area is 158 Å². The second-order valence-electron chi connectivity index (χ2n) is 6.15. The Hall–Kier alpha value is -2.87. The summed E-state index contributed by atoms with van der Waals surface area (Å²) in [4.78, 5) is 12.6. The zero-order chi connectivity index (χ0) is 19.0. The molecular formula is C19H17FN4O2S. The third-order valence-corrected chi connectivity index (χ3v) is 5.56. The van der Waals surface area contributed by atoms with Crippen molar-refractivity contribution in [1.29, 1.82) is 0 Å². The topological polar surface area (TPSA) is 72.4 Å². The van der Waals surface area contributed by atoms with Gasteiger partial charge in [-0.05, 0) is 37.6 Å². The van der Waals surface area contributed by atoms with Crippen LogP contribution in [0.2, 0.25) is 0 Å². The van der Waals surface area contributed by atoms with Crippen molar-refractivity contribution in [3.63, 3.8) is 0 Å². The summed E-state index contributed by atoms with van der Waals surface area (Å²) >= 11 is 1.35. The molecule has 0 aliphatic carbocycles. The zero-order valence-electron chi connectivity index (χ0n) is 14.8. The summed E-state index contributed by atoms with van der Waals surface area (Å²) in [5.74, 6) is 0.318. The smallest absolute Gasteiger partial charge is 0.237 e. The highest BCUT2D eigenvalue weighted by Crippen LogP contribution is 2.32. The molecule has 8 heteroatoms. The van der Waals surface area contributed by atoms with Crippen LogP contribution in [0.15, 0.2) is 52.2 Å². The average Bonchev–Trinajstić information content (AvgIpc) is 3.18. The van der Waals surface area contributed by atoms with Crippen LogP contribution in [0.4, 0.5) is 10.1 Å². The van der Waals surface area contributed by atoms with Gasteiger partial charge in [-0.3, -0.25) is 9.20 Å². The lowest BCUT2D eigenvalue weighted by Gasteiger charge is -2.14. The van der Waals surface area contributed by atoms with Crippen molar-refractivity contribution in [1.82, 2.24) is 14.6 Å². The summed E-state index contributed by atoms with van der Waals surface area (Å²) in [6.07, 6.45) is 2.24. The van der Waals surface area contributed by atoms with Gasteiger partial charge in [-0.15, -0.1) is 10.2 Å². The number of thioether (sulfide) groups is 1. The van der Waals surface area contributed by atoms with Gasteiger partial charge >= 0.3 is 0 Å². The lowest BCUT2D eigenvalue weighted by molar-refractivity contribution is -0.115. The highest BCUT2D eigenvalue weighted by molar-refractivity contribution is 8.00. The van der Waals surface area contributed by atoms with Crippen LogP contribution in [0.3, 0.4) is 0 Å². The van der Waals surface area contributed by atoms with Crippen LogP contribution in [0.1, 0.15) is 19.1 Å². The van der Waals surface area contributed by atoms with Gasteiger partial charge in [0.05, 0.1) is 16.3 Å². The molecule has 0 saturated carbocycles. The summed E-state index contributed by atoms with van der Waals surface area (Å²) < 4.78 is 20.6. The van der Waals surface area contributed by atoms with E-state index < -0.39 is 0 Å². The first kappa shape index (κ1) is 17.5. The monoisotopic (exact) mass is 384 g/mol. The zero-order valence-corrected chi connectivity index (χ0v) is 15.6. The molecule has 3 heterocycles. The maximum absolute atomic E-state index is 13.0. The number of fused-ring (bicyclic) bond motifs is 3. The molecular weight excluding hydrogens is 367 g/mol. The molecule has 0 aliphatic rings. The maximum atomic E-state index is 13.0.